The van der Waals surface area contributed by atoms with Crippen LogP contribution < -0.4 is 49.5 Å². The van der Waals surface area contributed by atoms with Crippen molar-refractivity contribution in [2.75, 3.05) is 13.1 Å². The molecule has 15 nitrogen and oxygen atoms in total. The normalized spacial score (nSPS) is 13.3. The summed E-state index contributed by atoms with van der Waals surface area (Å²) in [6, 6.07) is 20.9. The Hall–Kier alpha value is -6.74. The first-order valence-corrected chi connectivity index (χ1v) is 22.6. The molecule has 15 heteroatoms. The summed E-state index contributed by atoms with van der Waals surface area (Å²) in [6.45, 7) is 8.90. The van der Waals surface area contributed by atoms with Crippen LogP contribution in [-0.4, -0.2) is 72.8 Å². The van der Waals surface area contributed by atoms with E-state index in [0.29, 0.717) is 12.8 Å². The van der Waals surface area contributed by atoms with Crippen LogP contribution in [0, 0.1) is 10.8 Å². The summed E-state index contributed by atoms with van der Waals surface area (Å²) in [6.07, 6.45) is 13.8. The summed E-state index contributed by atoms with van der Waals surface area (Å²) in [5.74, 6) is -3.10. The molecule has 3 aromatic rings. The van der Waals surface area contributed by atoms with Gasteiger partial charge in [0.05, 0.1) is 6.04 Å². The largest absolute Gasteiger partial charge is 0.370 e. The molecule has 0 heterocycles. The van der Waals surface area contributed by atoms with Gasteiger partial charge in [0.2, 0.25) is 23.6 Å². The topological polar surface area (TPSA) is 280 Å². The van der Waals surface area contributed by atoms with Crippen LogP contribution in [0.25, 0.3) is 16.7 Å². The number of carbonyl (C=O) groups excluding carboxylic acids is 4. The molecule has 4 atom stereocenters. The van der Waals surface area contributed by atoms with Gasteiger partial charge in [-0.1, -0.05) is 137 Å². The Balaban J connectivity index is 1.84. The molecule has 0 aliphatic heterocycles. The predicted octanol–water partition coefficient (Wildman–Crippen LogP) is 4.81. The zero-order valence-electron chi connectivity index (χ0n) is 38.1. The first kappa shape index (κ1) is 52.6. The molecule has 0 spiro atoms. The number of unbranched alkanes of at least 4 members (excludes halogenated alkanes) is 3. The molecule has 0 bridgehead atoms. The quantitative estimate of drug-likeness (QED) is 0.0197. The van der Waals surface area contributed by atoms with Crippen LogP contribution in [-0.2, 0) is 32.0 Å². The summed E-state index contributed by atoms with van der Waals surface area (Å²) >= 11 is 0. The van der Waals surface area contributed by atoms with Crippen molar-refractivity contribution in [3.63, 3.8) is 0 Å². The number of allylic oxidation sites excluding steroid dienone is 5. The number of guanidine groups is 2. The average molecular weight is 890 g/mol. The van der Waals surface area contributed by atoms with E-state index in [1.165, 1.54) is 5.57 Å². The molecule has 0 radical (unpaired) electrons. The van der Waals surface area contributed by atoms with Gasteiger partial charge in [0, 0.05) is 19.5 Å². The van der Waals surface area contributed by atoms with E-state index in [0.717, 1.165) is 71.9 Å². The second-order valence-corrected chi connectivity index (χ2v) is 16.2. The van der Waals surface area contributed by atoms with Crippen LogP contribution in [0.2, 0.25) is 0 Å². The first-order valence-electron chi connectivity index (χ1n) is 22.6. The van der Waals surface area contributed by atoms with Gasteiger partial charge < -0.3 is 49.5 Å². The Bertz CT molecular complexity index is 2070. The van der Waals surface area contributed by atoms with Gasteiger partial charge in [0.15, 0.2) is 11.9 Å². The van der Waals surface area contributed by atoms with Gasteiger partial charge >= 0.3 is 0 Å². The van der Waals surface area contributed by atoms with Gasteiger partial charge in [-0.15, -0.1) is 0 Å². The van der Waals surface area contributed by atoms with Gasteiger partial charge in [-0.05, 0) is 90.3 Å². The Kier molecular flexibility index (Phi) is 23.3. The maximum Gasteiger partial charge on any atom is 0.243 e. The number of nitrogens with two attached hydrogens (primary N) is 4. The van der Waals surface area contributed by atoms with Crippen molar-refractivity contribution < 1.29 is 19.2 Å². The number of amides is 4. The van der Waals surface area contributed by atoms with E-state index in [-0.39, 0.29) is 50.7 Å². The van der Waals surface area contributed by atoms with Crippen LogP contribution in [0.15, 0.2) is 109 Å². The Morgan fingerprint density at radius 1 is 0.646 bits per heavy atom. The fourth-order valence-corrected chi connectivity index (χ4v) is 7.06. The summed E-state index contributed by atoms with van der Waals surface area (Å²) in [7, 11) is 0. The highest BCUT2D eigenvalue weighted by molar-refractivity contribution is 5.95. The minimum atomic E-state index is -1.19. The molecule has 0 aliphatic rings. The van der Waals surface area contributed by atoms with Crippen LogP contribution in [0.5, 0.6) is 0 Å². The van der Waals surface area contributed by atoms with E-state index in [2.05, 4.69) is 59.2 Å². The van der Waals surface area contributed by atoms with Gasteiger partial charge in [-0.25, -0.2) is 0 Å². The van der Waals surface area contributed by atoms with Gasteiger partial charge in [0.25, 0.3) is 0 Å². The number of carbonyl (C=O) groups is 4. The standard InChI is InChI=1S/C50H71N11O4/c1-4-7-10-18-40(31-34(6-3)15-8-5-2)39-27-21-35(22-28-39)32-41(51)46(63)60-43(20-14-30-58-50(55)56)47(64)61-44(48(65)59-42(45(52)62)19-13-29-57-49(53)54)33-36-23-25-38(26-24-36)37-16-11-9-12-17-37/h6,9,11-12,16-18,21-28,31,41-44H,3-5,7-8,10,13-15,19-20,29-30,32-33,51H2,1-2H3,(H2,52,62)(H,59,65)(H,60,63)(H,61,64)(H4,53,54,57)(H4,55,56,58)/b34-31+,40-18+/t41-,42-,43-,44-/m0/s1. The molecular weight excluding hydrogens is 819 g/mol. The fourth-order valence-electron chi connectivity index (χ4n) is 7.06. The van der Waals surface area contributed by atoms with Crippen molar-refractivity contribution >= 4 is 41.1 Å². The average Bonchev–Trinajstić information content (AvgIpc) is 3.29. The van der Waals surface area contributed by atoms with Crippen molar-refractivity contribution in [1.29, 1.82) is 10.8 Å². The molecule has 65 heavy (non-hydrogen) atoms. The third-order valence-corrected chi connectivity index (χ3v) is 10.8. The van der Waals surface area contributed by atoms with E-state index < -0.39 is 47.8 Å². The highest BCUT2D eigenvalue weighted by Gasteiger charge is 2.30. The predicted molar refractivity (Wildman–Crippen MR) is 262 cm³/mol. The first-order chi connectivity index (χ1) is 31.2. The van der Waals surface area contributed by atoms with E-state index in [4.69, 9.17) is 33.8 Å². The number of rotatable bonds is 29. The smallest absolute Gasteiger partial charge is 0.243 e. The molecule has 0 aliphatic carbocycles. The molecule has 0 unspecified atom stereocenters. The summed E-state index contributed by atoms with van der Waals surface area (Å²) in [5.41, 5.74) is 29.9. The molecule has 350 valence electrons. The highest BCUT2D eigenvalue weighted by Crippen LogP contribution is 2.23. The zero-order chi connectivity index (χ0) is 47.6. The van der Waals surface area contributed by atoms with Crippen molar-refractivity contribution in [1.82, 2.24) is 26.6 Å². The van der Waals surface area contributed by atoms with E-state index in [1.807, 2.05) is 84.9 Å². The lowest BCUT2D eigenvalue weighted by atomic mass is 9.96. The number of primary amides is 1. The van der Waals surface area contributed by atoms with Crippen molar-refractivity contribution in [2.45, 2.75) is 115 Å². The van der Waals surface area contributed by atoms with Gasteiger partial charge in [-0.3, -0.25) is 30.0 Å². The summed E-state index contributed by atoms with van der Waals surface area (Å²) in [5, 5.41) is 28.6. The molecule has 3 aromatic carbocycles. The second-order valence-electron chi connectivity index (χ2n) is 16.2. The number of nitrogens with one attached hydrogen (secondary N) is 7. The van der Waals surface area contributed by atoms with Crippen molar-refractivity contribution in [3.05, 3.63) is 126 Å². The summed E-state index contributed by atoms with van der Waals surface area (Å²) < 4.78 is 0. The maximum atomic E-state index is 14.2. The van der Waals surface area contributed by atoms with Crippen molar-refractivity contribution in [2.24, 2.45) is 22.9 Å². The Morgan fingerprint density at radius 3 is 1.74 bits per heavy atom. The zero-order valence-corrected chi connectivity index (χ0v) is 38.1. The monoisotopic (exact) mass is 890 g/mol. The van der Waals surface area contributed by atoms with Crippen molar-refractivity contribution in [3.8, 4) is 11.1 Å². The van der Waals surface area contributed by atoms with E-state index >= 15 is 0 Å². The Morgan fingerprint density at radius 2 is 1.17 bits per heavy atom. The molecule has 0 fully saturated rings. The lowest BCUT2D eigenvalue weighted by molar-refractivity contribution is -0.133. The van der Waals surface area contributed by atoms with Crippen LogP contribution in [0.4, 0.5) is 0 Å². The van der Waals surface area contributed by atoms with Crippen LogP contribution in [0.1, 0.15) is 94.7 Å². The van der Waals surface area contributed by atoms with Crippen LogP contribution >= 0.6 is 0 Å². The minimum absolute atomic E-state index is 0.0467. The van der Waals surface area contributed by atoms with Gasteiger partial charge in [-0.2, -0.15) is 0 Å². The fraction of sp³-hybridized carbons (Fsp3) is 0.400. The SMILES string of the molecule is C=C/C(=C\C(=C/CCCC)c1ccc(C[C@H](N)C(=O)N[C@@H](CCCNC(=N)N)C(=O)N[C@@H](Cc2ccc(-c3ccccc3)cc2)C(=O)N[C@@H](CCCNC(=N)N)C(N)=O)cc1)CCCC. The third-order valence-electron chi connectivity index (χ3n) is 10.8. The minimum Gasteiger partial charge on any atom is -0.370 e. The maximum absolute atomic E-state index is 14.2. The van der Waals surface area contributed by atoms with Gasteiger partial charge in [0.1, 0.15) is 18.1 Å². The molecule has 3 rings (SSSR count). The molecule has 0 saturated heterocycles. The summed E-state index contributed by atoms with van der Waals surface area (Å²) in [4.78, 5) is 54.4. The second kappa shape index (κ2) is 28.8. The molecule has 0 saturated carbocycles. The third kappa shape index (κ3) is 19.7. The molecule has 0 aromatic heterocycles. The van der Waals surface area contributed by atoms with Crippen LogP contribution in [0.3, 0.4) is 0 Å². The van der Waals surface area contributed by atoms with E-state index in [9.17, 15) is 19.2 Å². The Labute approximate surface area is 384 Å². The molecule has 4 amide bonds. The van der Waals surface area contributed by atoms with E-state index in [1.54, 1.807) is 0 Å². The number of hydrogen-bond donors (Lipinski definition) is 11. The number of hydrogen-bond acceptors (Lipinski definition) is 7. The lowest BCUT2D eigenvalue weighted by Crippen LogP contribution is -2.58. The molecule has 15 N–H and O–H groups in total. The molecular formula is C50H71N11O4. The number of benzene rings is 3. The lowest BCUT2D eigenvalue weighted by Gasteiger charge is -2.26. The highest BCUT2D eigenvalue weighted by atomic mass is 16.2.